The number of carbonyl (C=O) groups is 1. The van der Waals surface area contributed by atoms with Crippen LogP contribution < -0.4 is 11.1 Å². The maximum absolute atomic E-state index is 12.0. The smallest absolute Gasteiger partial charge is 0.267 e. The molecule has 1 amide bonds. The third-order valence-corrected chi connectivity index (χ3v) is 7.34. The molecule has 5 nitrogen and oxygen atoms in total. The van der Waals surface area contributed by atoms with Crippen molar-refractivity contribution in [1.29, 1.82) is 0 Å². The highest BCUT2D eigenvalue weighted by Crippen LogP contribution is 2.31. The van der Waals surface area contributed by atoms with Crippen LogP contribution in [0.15, 0.2) is 48.5 Å². The fraction of sp³-hybridized carbons (Fsp3) is 0.0500. The van der Waals surface area contributed by atoms with Gasteiger partial charge in [-0.2, -0.15) is 0 Å². The molecular weight excluding hydrogens is 479 g/mol. The van der Waals surface area contributed by atoms with Gasteiger partial charge >= 0.3 is 0 Å². The molecule has 0 atom stereocenters. The highest BCUT2D eigenvalue weighted by molar-refractivity contribution is 7.22. The zero-order valence-corrected chi connectivity index (χ0v) is 19.4. The van der Waals surface area contributed by atoms with Crippen LogP contribution in [0, 0.1) is 6.92 Å². The fourth-order valence-corrected chi connectivity index (χ4v) is 5.57. The molecule has 0 saturated carbocycles. The number of rotatable bonds is 2. The molecule has 0 aliphatic heterocycles. The summed E-state index contributed by atoms with van der Waals surface area (Å²) >= 11 is 16.3. The molecular formula is C20H14Cl2N4OS3. The molecule has 0 fully saturated rings. The molecule has 10 heteroatoms. The maximum Gasteiger partial charge on any atom is 0.267 e. The Kier molecular flexibility index (Phi) is 6.21. The normalized spacial score (nSPS) is 10.8. The van der Waals surface area contributed by atoms with Crippen LogP contribution >= 0.6 is 57.2 Å². The van der Waals surface area contributed by atoms with Crippen LogP contribution in [0.1, 0.15) is 14.5 Å². The summed E-state index contributed by atoms with van der Waals surface area (Å²) in [4.78, 5) is 22.2. The molecule has 5 rings (SSSR count). The number of nitrogens with one attached hydrogen (secondary N) is 1. The van der Waals surface area contributed by atoms with Crippen molar-refractivity contribution in [1.82, 2.24) is 9.97 Å². The van der Waals surface area contributed by atoms with Gasteiger partial charge in [-0.25, -0.2) is 9.97 Å². The van der Waals surface area contributed by atoms with E-state index < -0.39 is 0 Å². The number of nitrogens with zero attached hydrogens (tertiary/aromatic N) is 2. The number of benzene rings is 2. The van der Waals surface area contributed by atoms with Crippen LogP contribution in [0.2, 0.25) is 10.0 Å². The topological polar surface area (TPSA) is 80.9 Å². The van der Waals surface area contributed by atoms with Gasteiger partial charge in [-0.1, -0.05) is 58.0 Å². The molecule has 0 aliphatic rings. The number of nitrogens with two attached hydrogens (primary N) is 1. The quantitative estimate of drug-likeness (QED) is 0.275. The van der Waals surface area contributed by atoms with Crippen molar-refractivity contribution in [2.45, 2.75) is 6.92 Å². The third-order valence-electron chi connectivity index (χ3n) is 3.94. The Balaban J connectivity index is 0.000000168. The summed E-state index contributed by atoms with van der Waals surface area (Å²) in [6, 6.07) is 15.0. The predicted octanol–water partition coefficient (Wildman–Crippen LogP) is 7.10. The number of para-hydroxylation sites is 2. The molecule has 3 aromatic heterocycles. The lowest BCUT2D eigenvalue weighted by Gasteiger charge is -1.97. The SMILES string of the molecule is Cc1ccc(C(=O)Nc2nc3c(Cl)cccc3s2)s1.Nc1nc2c(Cl)cccc2s1. The number of thiazole rings is 2. The number of nitrogen functional groups attached to an aromatic ring is 1. The monoisotopic (exact) mass is 492 g/mol. The molecule has 5 aromatic rings. The van der Waals surface area contributed by atoms with Gasteiger partial charge in [0.15, 0.2) is 10.3 Å². The second-order valence-electron chi connectivity index (χ2n) is 6.11. The summed E-state index contributed by atoms with van der Waals surface area (Å²) in [5, 5.41) is 5.20. The molecule has 2 aromatic carbocycles. The second kappa shape index (κ2) is 8.87. The van der Waals surface area contributed by atoms with E-state index in [4.69, 9.17) is 28.9 Å². The molecule has 0 spiro atoms. The van der Waals surface area contributed by atoms with Crippen LogP contribution in [0.5, 0.6) is 0 Å². The van der Waals surface area contributed by atoms with Crippen molar-refractivity contribution in [3.05, 3.63) is 68.3 Å². The summed E-state index contributed by atoms with van der Waals surface area (Å²) in [5.74, 6) is -0.131. The van der Waals surface area contributed by atoms with Gasteiger partial charge < -0.3 is 5.73 Å². The average Bonchev–Trinajstić information content (AvgIpc) is 3.41. The number of fused-ring (bicyclic) bond motifs is 2. The molecule has 30 heavy (non-hydrogen) atoms. The van der Waals surface area contributed by atoms with E-state index in [1.807, 2.05) is 49.4 Å². The molecule has 0 radical (unpaired) electrons. The van der Waals surface area contributed by atoms with Gasteiger partial charge in [-0.05, 0) is 43.3 Å². The lowest BCUT2D eigenvalue weighted by atomic mass is 10.3. The van der Waals surface area contributed by atoms with Gasteiger partial charge in [0.05, 0.1) is 24.3 Å². The Hall–Kier alpha value is -2.23. The molecule has 0 unspecified atom stereocenters. The number of amides is 1. The lowest BCUT2D eigenvalue weighted by Crippen LogP contribution is -2.09. The zero-order valence-electron chi connectivity index (χ0n) is 15.5. The number of hydrogen-bond acceptors (Lipinski definition) is 7. The summed E-state index contributed by atoms with van der Waals surface area (Å²) < 4.78 is 2.00. The van der Waals surface area contributed by atoms with E-state index in [2.05, 4.69) is 15.3 Å². The molecule has 0 saturated heterocycles. The van der Waals surface area contributed by atoms with Crippen LogP contribution in [-0.2, 0) is 0 Å². The summed E-state index contributed by atoms with van der Waals surface area (Å²) in [6.07, 6.45) is 0. The molecule has 3 heterocycles. The number of aromatic nitrogens is 2. The van der Waals surface area contributed by atoms with Gasteiger partial charge in [0.2, 0.25) is 0 Å². The number of halogens is 2. The van der Waals surface area contributed by atoms with Crippen LogP contribution in [-0.4, -0.2) is 15.9 Å². The molecule has 152 valence electrons. The summed E-state index contributed by atoms with van der Waals surface area (Å²) in [6.45, 7) is 1.97. The molecule has 0 bridgehead atoms. The van der Waals surface area contributed by atoms with Crippen molar-refractivity contribution >= 4 is 93.8 Å². The van der Waals surface area contributed by atoms with E-state index >= 15 is 0 Å². The van der Waals surface area contributed by atoms with E-state index in [9.17, 15) is 4.79 Å². The minimum absolute atomic E-state index is 0.131. The first-order valence-electron chi connectivity index (χ1n) is 8.64. The minimum Gasteiger partial charge on any atom is -0.375 e. The largest absolute Gasteiger partial charge is 0.375 e. The molecule has 0 aliphatic carbocycles. The van der Waals surface area contributed by atoms with Crippen LogP contribution in [0.25, 0.3) is 20.4 Å². The first kappa shape index (κ1) is 21.0. The Morgan fingerprint density at radius 1 is 0.900 bits per heavy atom. The van der Waals surface area contributed by atoms with Crippen molar-refractivity contribution in [2.24, 2.45) is 0 Å². The maximum atomic E-state index is 12.0. The first-order chi connectivity index (χ1) is 14.4. The summed E-state index contributed by atoms with van der Waals surface area (Å²) in [7, 11) is 0. The average molecular weight is 493 g/mol. The van der Waals surface area contributed by atoms with Crippen molar-refractivity contribution in [3.8, 4) is 0 Å². The van der Waals surface area contributed by atoms with Gasteiger partial charge in [0.25, 0.3) is 5.91 Å². The highest BCUT2D eigenvalue weighted by Gasteiger charge is 2.12. The van der Waals surface area contributed by atoms with E-state index in [0.717, 1.165) is 25.3 Å². The Morgan fingerprint density at radius 2 is 1.53 bits per heavy atom. The Morgan fingerprint density at radius 3 is 2.10 bits per heavy atom. The lowest BCUT2D eigenvalue weighted by molar-refractivity contribution is 0.103. The van der Waals surface area contributed by atoms with Gasteiger partial charge in [0, 0.05) is 4.88 Å². The van der Waals surface area contributed by atoms with E-state index in [1.165, 1.54) is 34.0 Å². The van der Waals surface area contributed by atoms with Crippen molar-refractivity contribution < 1.29 is 4.79 Å². The number of thiophene rings is 1. The van der Waals surface area contributed by atoms with Crippen LogP contribution in [0.3, 0.4) is 0 Å². The predicted molar refractivity (Wildman–Crippen MR) is 131 cm³/mol. The van der Waals surface area contributed by atoms with E-state index in [1.54, 1.807) is 6.07 Å². The Labute approximate surface area is 194 Å². The zero-order chi connectivity index (χ0) is 21.3. The minimum atomic E-state index is -0.131. The number of aryl methyl sites for hydroxylation is 1. The Bertz CT molecular complexity index is 1360. The molecule has 3 N–H and O–H groups in total. The number of hydrogen-bond donors (Lipinski definition) is 2. The van der Waals surface area contributed by atoms with Gasteiger partial charge in [-0.15, -0.1) is 11.3 Å². The van der Waals surface area contributed by atoms with Gasteiger partial charge in [0.1, 0.15) is 11.0 Å². The highest BCUT2D eigenvalue weighted by atomic mass is 35.5. The first-order valence-corrected chi connectivity index (χ1v) is 11.8. The third kappa shape index (κ3) is 4.58. The standard InChI is InChI=1S/C13H9ClN2OS2.C7H5ClN2S/c1-7-5-6-10(18-7)12(17)16-13-15-11-8(14)3-2-4-9(11)19-13;8-4-2-1-3-5-6(4)10-7(9)11-5/h2-6H,1H3,(H,15,16,17);1-3H,(H2,9,10). The fourth-order valence-electron chi connectivity index (χ4n) is 2.62. The number of carbonyl (C=O) groups excluding carboxylic acids is 1. The van der Waals surface area contributed by atoms with Gasteiger partial charge in [-0.3, -0.25) is 10.1 Å². The van der Waals surface area contributed by atoms with Crippen molar-refractivity contribution in [2.75, 3.05) is 11.1 Å². The summed E-state index contributed by atoms with van der Waals surface area (Å²) in [5.41, 5.74) is 7.04. The van der Waals surface area contributed by atoms with E-state index in [-0.39, 0.29) is 5.91 Å². The second-order valence-corrected chi connectivity index (χ2v) is 10.3. The van der Waals surface area contributed by atoms with Crippen LogP contribution in [0.4, 0.5) is 10.3 Å². The van der Waals surface area contributed by atoms with Crippen molar-refractivity contribution in [3.63, 3.8) is 0 Å². The van der Waals surface area contributed by atoms with E-state index in [0.29, 0.717) is 25.2 Å². The number of anilines is 2.